The molecule has 0 atom stereocenters. The topological polar surface area (TPSA) is 61.6 Å². The van der Waals surface area contributed by atoms with Crippen molar-refractivity contribution in [1.82, 2.24) is 9.97 Å². The van der Waals surface area contributed by atoms with Gasteiger partial charge in [0, 0.05) is 9.90 Å². The molecule has 0 fully saturated rings. The molecule has 0 amide bonds. The van der Waals surface area contributed by atoms with Crippen LogP contribution < -0.4 is 5.32 Å². The first kappa shape index (κ1) is 14.1. The van der Waals surface area contributed by atoms with E-state index in [0.29, 0.717) is 22.1 Å². The molecule has 0 aliphatic carbocycles. The minimum Gasteiger partial charge on any atom is -0.338 e. The van der Waals surface area contributed by atoms with Crippen molar-refractivity contribution in [3.05, 3.63) is 45.0 Å². The largest absolute Gasteiger partial charge is 0.338 e. The van der Waals surface area contributed by atoms with Crippen LogP contribution in [-0.4, -0.2) is 9.97 Å². The van der Waals surface area contributed by atoms with E-state index >= 15 is 0 Å². The van der Waals surface area contributed by atoms with E-state index in [9.17, 15) is 0 Å². The van der Waals surface area contributed by atoms with Gasteiger partial charge < -0.3 is 5.32 Å². The van der Waals surface area contributed by atoms with Gasteiger partial charge in [0.05, 0.1) is 16.6 Å². The highest BCUT2D eigenvalue weighted by Crippen LogP contribution is 2.32. The Morgan fingerprint density at radius 1 is 1.24 bits per heavy atom. The Morgan fingerprint density at radius 3 is 2.81 bits per heavy atom. The van der Waals surface area contributed by atoms with E-state index in [1.54, 1.807) is 18.2 Å². The number of aryl methyl sites for hydroxylation is 1. The summed E-state index contributed by atoms with van der Waals surface area (Å²) in [5.74, 6) is 0.563. The molecule has 0 unspecified atom stereocenters. The van der Waals surface area contributed by atoms with Gasteiger partial charge in [-0.15, -0.1) is 11.3 Å². The molecular formula is C14H8Cl2N4S. The number of rotatable bonds is 2. The summed E-state index contributed by atoms with van der Waals surface area (Å²) in [6.07, 6.45) is 0. The van der Waals surface area contributed by atoms with Crippen LogP contribution >= 0.6 is 34.5 Å². The number of fused-ring (bicyclic) bond motifs is 1. The molecule has 4 nitrogen and oxygen atoms in total. The second-order valence-corrected chi connectivity index (χ2v) is 6.35. The molecule has 0 aliphatic heterocycles. The quantitative estimate of drug-likeness (QED) is 0.675. The van der Waals surface area contributed by atoms with E-state index in [-0.39, 0.29) is 5.28 Å². The fraction of sp³-hybridized carbons (Fsp3) is 0.0714. The maximum Gasteiger partial charge on any atom is 0.225 e. The highest BCUT2D eigenvalue weighted by Gasteiger charge is 2.12. The van der Waals surface area contributed by atoms with E-state index in [2.05, 4.69) is 21.4 Å². The van der Waals surface area contributed by atoms with Gasteiger partial charge in [-0.05, 0) is 42.8 Å². The first-order valence-corrected chi connectivity index (χ1v) is 7.54. The molecule has 0 aliphatic rings. The van der Waals surface area contributed by atoms with Crippen LogP contribution in [0.2, 0.25) is 10.3 Å². The summed E-state index contributed by atoms with van der Waals surface area (Å²) < 4.78 is 0. The minimum absolute atomic E-state index is 0.160. The second-order valence-electron chi connectivity index (χ2n) is 4.34. The van der Waals surface area contributed by atoms with Gasteiger partial charge in [-0.1, -0.05) is 11.6 Å². The zero-order valence-electron chi connectivity index (χ0n) is 10.8. The number of hydrogen-bond acceptors (Lipinski definition) is 5. The van der Waals surface area contributed by atoms with Gasteiger partial charge in [0.1, 0.15) is 16.7 Å². The molecule has 0 radical (unpaired) electrons. The van der Waals surface area contributed by atoms with Crippen molar-refractivity contribution in [3.8, 4) is 6.07 Å². The second kappa shape index (κ2) is 5.49. The van der Waals surface area contributed by atoms with Crippen molar-refractivity contribution in [2.45, 2.75) is 6.92 Å². The molecule has 104 valence electrons. The van der Waals surface area contributed by atoms with Crippen molar-refractivity contribution in [3.63, 3.8) is 0 Å². The van der Waals surface area contributed by atoms with Crippen LogP contribution in [0.15, 0.2) is 24.3 Å². The lowest BCUT2D eigenvalue weighted by Gasteiger charge is -2.09. The lowest BCUT2D eigenvalue weighted by Crippen LogP contribution is -1.98. The Kier molecular flexibility index (Phi) is 3.68. The first-order chi connectivity index (χ1) is 10.1. The first-order valence-electron chi connectivity index (χ1n) is 5.97. The molecule has 0 saturated carbocycles. The van der Waals surface area contributed by atoms with Crippen LogP contribution in [0, 0.1) is 18.3 Å². The molecular weight excluding hydrogens is 327 g/mol. The summed E-state index contributed by atoms with van der Waals surface area (Å²) in [6, 6.07) is 9.10. The van der Waals surface area contributed by atoms with Crippen LogP contribution in [0.3, 0.4) is 0 Å². The molecule has 0 bridgehead atoms. The molecule has 2 aromatic heterocycles. The smallest absolute Gasteiger partial charge is 0.225 e. The fourth-order valence-corrected chi connectivity index (χ4v) is 3.23. The summed E-state index contributed by atoms with van der Waals surface area (Å²) in [6.45, 7) is 1.99. The summed E-state index contributed by atoms with van der Waals surface area (Å²) in [5.41, 5.74) is 1.07. The number of nitrogens with zero attached hydrogens (tertiary/aromatic N) is 3. The Hall–Kier alpha value is -1.87. The third kappa shape index (κ3) is 2.79. The third-order valence-electron chi connectivity index (χ3n) is 2.84. The normalized spacial score (nSPS) is 10.6. The monoisotopic (exact) mass is 334 g/mol. The maximum atomic E-state index is 9.17. The van der Waals surface area contributed by atoms with Gasteiger partial charge in [0.25, 0.3) is 0 Å². The van der Waals surface area contributed by atoms with Crippen LogP contribution in [0.5, 0.6) is 0 Å². The highest BCUT2D eigenvalue weighted by atomic mass is 35.5. The van der Waals surface area contributed by atoms with Crippen molar-refractivity contribution >= 4 is 56.3 Å². The lowest BCUT2D eigenvalue weighted by atomic mass is 10.2. The van der Waals surface area contributed by atoms with Gasteiger partial charge in [-0.25, -0.2) is 4.98 Å². The van der Waals surface area contributed by atoms with Gasteiger partial charge in [-0.3, -0.25) is 0 Å². The molecule has 1 N–H and O–H groups in total. The number of nitriles is 1. The van der Waals surface area contributed by atoms with Crippen LogP contribution in [-0.2, 0) is 0 Å². The maximum absolute atomic E-state index is 9.17. The van der Waals surface area contributed by atoms with Crippen molar-refractivity contribution < 1.29 is 0 Å². The summed E-state index contributed by atoms with van der Waals surface area (Å²) in [5, 5.41) is 13.9. The number of aromatic nitrogens is 2. The fourth-order valence-electron chi connectivity index (χ4n) is 1.96. The van der Waals surface area contributed by atoms with E-state index in [1.165, 1.54) is 11.3 Å². The highest BCUT2D eigenvalue weighted by molar-refractivity contribution is 7.18. The lowest BCUT2D eigenvalue weighted by molar-refractivity contribution is 1.23. The number of halogens is 2. The Labute approximate surface area is 135 Å². The molecule has 2 heterocycles. The summed E-state index contributed by atoms with van der Waals surface area (Å²) in [7, 11) is 0. The van der Waals surface area contributed by atoms with Crippen molar-refractivity contribution in [2.24, 2.45) is 0 Å². The summed E-state index contributed by atoms with van der Waals surface area (Å²) >= 11 is 13.5. The zero-order chi connectivity index (χ0) is 15.0. The number of benzene rings is 1. The van der Waals surface area contributed by atoms with E-state index in [4.69, 9.17) is 28.5 Å². The Morgan fingerprint density at radius 2 is 2.05 bits per heavy atom. The third-order valence-corrected chi connectivity index (χ3v) is 4.19. The average Bonchev–Trinajstić information content (AvgIpc) is 2.79. The van der Waals surface area contributed by atoms with Gasteiger partial charge in [0.15, 0.2) is 0 Å². The molecule has 21 heavy (non-hydrogen) atoms. The van der Waals surface area contributed by atoms with Crippen molar-refractivity contribution in [1.29, 1.82) is 5.26 Å². The van der Waals surface area contributed by atoms with Crippen molar-refractivity contribution in [2.75, 3.05) is 5.32 Å². The van der Waals surface area contributed by atoms with Crippen LogP contribution in [0.4, 0.5) is 11.5 Å². The van der Waals surface area contributed by atoms with Gasteiger partial charge in [0.2, 0.25) is 5.28 Å². The minimum atomic E-state index is 0.160. The molecule has 7 heteroatoms. The van der Waals surface area contributed by atoms with Gasteiger partial charge >= 0.3 is 0 Å². The number of thiophene rings is 1. The van der Waals surface area contributed by atoms with Crippen LogP contribution in [0.1, 0.15) is 10.4 Å². The predicted molar refractivity (Wildman–Crippen MR) is 86.6 cm³/mol. The Bertz CT molecular complexity index is 883. The van der Waals surface area contributed by atoms with Crippen LogP contribution in [0.25, 0.3) is 10.2 Å². The predicted octanol–water partition coefficient (Wildman–Crippen LogP) is 4.92. The zero-order valence-corrected chi connectivity index (χ0v) is 13.1. The number of nitrogens with one attached hydrogen (secondary N) is 1. The van der Waals surface area contributed by atoms with E-state index in [0.717, 1.165) is 15.1 Å². The number of hydrogen-bond donors (Lipinski definition) is 1. The van der Waals surface area contributed by atoms with Gasteiger partial charge in [-0.2, -0.15) is 10.2 Å². The molecule has 3 rings (SSSR count). The molecule has 0 spiro atoms. The average molecular weight is 335 g/mol. The molecule has 3 aromatic rings. The van der Waals surface area contributed by atoms with E-state index in [1.807, 2.05) is 13.0 Å². The summed E-state index contributed by atoms with van der Waals surface area (Å²) in [4.78, 5) is 10.3. The standard InChI is InChI=1S/C14H8Cl2N4S/c1-7-4-10-12(19-14(16)20-13(10)21-7)18-11-5-9(15)3-2-8(11)6-17/h2-5H,1H3,(H,18,19,20). The molecule has 0 saturated heterocycles. The van der Waals surface area contributed by atoms with E-state index < -0.39 is 0 Å². The SMILES string of the molecule is Cc1cc2c(Nc3cc(Cl)ccc3C#N)nc(Cl)nc2s1. The molecule has 1 aromatic carbocycles. The number of anilines is 2. The Balaban J connectivity index is 2.14.